The van der Waals surface area contributed by atoms with Crippen LogP contribution in [-0.2, 0) is 13.2 Å². The van der Waals surface area contributed by atoms with Crippen LogP contribution in [0.4, 0.5) is 4.39 Å². The van der Waals surface area contributed by atoms with Gasteiger partial charge >= 0.3 is 0 Å². The van der Waals surface area contributed by atoms with Gasteiger partial charge in [-0.15, -0.1) is 0 Å². The smallest absolute Gasteiger partial charge is 0.165 e. The Morgan fingerprint density at radius 2 is 2.10 bits per heavy atom. The Morgan fingerprint density at radius 3 is 2.81 bits per heavy atom. The number of halogens is 2. The molecule has 1 N–H and O–H groups in total. The third-order valence-corrected chi connectivity index (χ3v) is 3.76. The van der Waals surface area contributed by atoms with Crippen molar-refractivity contribution >= 4 is 15.9 Å². The van der Waals surface area contributed by atoms with Crippen molar-refractivity contribution in [2.45, 2.75) is 32.0 Å². The number of nitrogens with one attached hydrogen (secondary N) is 1. The van der Waals surface area contributed by atoms with E-state index in [1.807, 2.05) is 12.1 Å². The summed E-state index contributed by atoms with van der Waals surface area (Å²) in [5.74, 6) is -0.0572. The van der Waals surface area contributed by atoms with E-state index in [0.717, 1.165) is 15.6 Å². The lowest BCUT2D eigenvalue weighted by atomic mass is 10.2. The fraction of sp³-hybridized carbons (Fsp3) is 0.312. The van der Waals surface area contributed by atoms with E-state index in [4.69, 9.17) is 4.74 Å². The Kier molecular flexibility index (Phi) is 4.51. The SMILES string of the molecule is Fc1cc(CNC2CC2)ccc1OCc1cncc(Br)c1. The average Bonchev–Trinajstić information content (AvgIpc) is 3.28. The van der Waals surface area contributed by atoms with Crippen molar-refractivity contribution in [3.8, 4) is 5.75 Å². The Hall–Kier alpha value is -1.46. The summed E-state index contributed by atoms with van der Waals surface area (Å²) < 4.78 is 20.4. The molecular weight excluding hydrogens is 335 g/mol. The van der Waals surface area contributed by atoms with Crippen LogP contribution in [-0.4, -0.2) is 11.0 Å². The first-order valence-electron chi connectivity index (χ1n) is 6.95. The van der Waals surface area contributed by atoms with Crippen LogP contribution in [0.2, 0.25) is 0 Å². The van der Waals surface area contributed by atoms with Crippen molar-refractivity contribution in [2.75, 3.05) is 0 Å². The monoisotopic (exact) mass is 350 g/mol. The molecule has 3 nitrogen and oxygen atoms in total. The van der Waals surface area contributed by atoms with Crippen LogP contribution in [0.3, 0.4) is 0 Å². The van der Waals surface area contributed by atoms with E-state index < -0.39 is 0 Å². The van der Waals surface area contributed by atoms with E-state index in [-0.39, 0.29) is 11.6 Å². The van der Waals surface area contributed by atoms with Crippen LogP contribution in [0.15, 0.2) is 41.1 Å². The second-order valence-corrected chi connectivity index (χ2v) is 6.14. The highest BCUT2D eigenvalue weighted by molar-refractivity contribution is 9.10. The predicted molar refractivity (Wildman–Crippen MR) is 82.5 cm³/mol. The van der Waals surface area contributed by atoms with E-state index in [2.05, 4.69) is 26.2 Å². The number of aromatic nitrogens is 1. The zero-order valence-corrected chi connectivity index (χ0v) is 13.1. The molecule has 5 heteroatoms. The maximum Gasteiger partial charge on any atom is 0.165 e. The van der Waals surface area contributed by atoms with E-state index >= 15 is 0 Å². The Morgan fingerprint density at radius 1 is 1.24 bits per heavy atom. The van der Waals surface area contributed by atoms with E-state index in [1.165, 1.54) is 18.9 Å². The predicted octanol–water partition coefficient (Wildman–Crippen LogP) is 3.81. The van der Waals surface area contributed by atoms with Gasteiger partial charge in [0.1, 0.15) is 6.61 Å². The second-order valence-electron chi connectivity index (χ2n) is 5.22. The van der Waals surface area contributed by atoms with Crippen molar-refractivity contribution < 1.29 is 9.13 Å². The number of hydrogen-bond acceptors (Lipinski definition) is 3. The molecule has 0 radical (unpaired) electrons. The summed E-state index contributed by atoms with van der Waals surface area (Å²) in [6, 6.07) is 7.63. The first-order valence-corrected chi connectivity index (χ1v) is 7.74. The van der Waals surface area contributed by atoms with Gasteiger partial charge in [0.05, 0.1) is 0 Å². The molecule has 1 saturated carbocycles. The second kappa shape index (κ2) is 6.54. The van der Waals surface area contributed by atoms with Crippen LogP contribution in [0.5, 0.6) is 5.75 Å². The van der Waals surface area contributed by atoms with Gasteiger partial charge in [0, 0.05) is 35.0 Å². The zero-order chi connectivity index (χ0) is 14.7. The number of hydrogen-bond donors (Lipinski definition) is 1. The van der Waals surface area contributed by atoms with Crippen LogP contribution in [0.25, 0.3) is 0 Å². The van der Waals surface area contributed by atoms with Crippen LogP contribution >= 0.6 is 15.9 Å². The van der Waals surface area contributed by atoms with Gasteiger partial charge in [-0.1, -0.05) is 6.07 Å². The highest BCUT2D eigenvalue weighted by Crippen LogP contribution is 2.22. The van der Waals surface area contributed by atoms with Crippen molar-refractivity contribution in [3.05, 3.63) is 58.1 Å². The molecular formula is C16H16BrFN2O. The fourth-order valence-electron chi connectivity index (χ4n) is 2.02. The summed E-state index contributed by atoms with van der Waals surface area (Å²) in [7, 11) is 0. The first kappa shape index (κ1) is 14.5. The number of rotatable bonds is 6. The topological polar surface area (TPSA) is 34.1 Å². The number of pyridine rings is 1. The molecule has 1 aromatic heterocycles. The maximum absolute atomic E-state index is 14.0. The fourth-order valence-corrected chi connectivity index (χ4v) is 2.43. The van der Waals surface area contributed by atoms with E-state index in [9.17, 15) is 4.39 Å². The summed E-state index contributed by atoms with van der Waals surface area (Å²) >= 11 is 3.35. The van der Waals surface area contributed by atoms with Gasteiger partial charge in [-0.2, -0.15) is 0 Å². The molecule has 1 aliphatic carbocycles. The largest absolute Gasteiger partial charge is 0.486 e. The summed E-state index contributed by atoms with van der Waals surface area (Å²) in [5, 5.41) is 3.36. The summed E-state index contributed by atoms with van der Waals surface area (Å²) in [6.07, 6.45) is 5.86. The summed E-state index contributed by atoms with van der Waals surface area (Å²) in [6.45, 7) is 1.00. The Labute approximate surface area is 131 Å². The van der Waals surface area contributed by atoms with Gasteiger partial charge in [-0.3, -0.25) is 4.98 Å². The summed E-state index contributed by atoms with van der Waals surface area (Å²) in [5.41, 5.74) is 1.83. The number of nitrogens with zero attached hydrogens (tertiary/aromatic N) is 1. The number of ether oxygens (including phenoxy) is 1. The van der Waals surface area contributed by atoms with Gasteiger partial charge < -0.3 is 10.1 Å². The van der Waals surface area contributed by atoms with Crippen LogP contribution < -0.4 is 10.1 Å². The van der Waals surface area contributed by atoms with E-state index in [0.29, 0.717) is 19.2 Å². The van der Waals surface area contributed by atoms with Gasteiger partial charge in [0.15, 0.2) is 11.6 Å². The summed E-state index contributed by atoms with van der Waals surface area (Å²) in [4.78, 5) is 4.05. The highest BCUT2D eigenvalue weighted by atomic mass is 79.9. The normalized spacial score (nSPS) is 14.2. The molecule has 0 amide bonds. The quantitative estimate of drug-likeness (QED) is 0.859. The highest BCUT2D eigenvalue weighted by Gasteiger charge is 2.20. The van der Waals surface area contributed by atoms with Crippen molar-refractivity contribution in [2.24, 2.45) is 0 Å². The molecule has 1 fully saturated rings. The third-order valence-electron chi connectivity index (χ3n) is 3.32. The van der Waals surface area contributed by atoms with Gasteiger partial charge in [0.2, 0.25) is 0 Å². The van der Waals surface area contributed by atoms with E-state index in [1.54, 1.807) is 18.5 Å². The van der Waals surface area contributed by atoms with Crippen LogP contribution in [0, 0.1) is 5.82 Å². The van der Waals surface area contributed by atoms with Gasteiger partial charge in [-0.05, 0) is 52.5 Å². The lowest BCUT2D eigenvalue weighted by molar-refractivity contribution is 0.289. The maximum atomic E-state index is 14.0. The first-order chi connectivity index (χ1) is 10.2. The molecule has 0 atom stereocenters. The molecule has 2 aromatic rings. The lowest BCUT2D eigenvalue weighted by Gasteiger charge is -2.09. The molecule has 110 valence electrons. The average molecular weight is 351 g/mol. The van der Waals surface area contributed by atoms with Crippen molar-refractivity contribution in [1.82, 2.24) is 10.3 Å². The molecule has 21 heavy (non-hydrogen) atoms. The molecule has 0 bridgehead atoms. The minimum absolute atomic E-state index is 0.269. The standard InChI is InChI=1S/C16H16BrFN2O/c17-13-5-12(7-19-9-13)10-21-16-4-1-11(6-15(16)18)8-20-14-2-3-14/h1,4-7,9,14,20H,2-3,8,10H2. The van der Waals surface area contributed by atoms with Crippen molar-refractivity contribution in [3.63, 3.8) is 0 Å². The molecule has 0 spiro atoms. The van der Waals surface area contributed by atoms with Crippen molar-refractivity contribution in [1.29, 1.82) is 0 Å². The number of benzene rings is 1. The molecule has 1 aliphatic rings. The Balaban J connectivity index is 1.59. The van der Waals surface area contributed by atoms with Gasteiger partial charge in [0.25, 0.3) is 0 Å². The molecule has 1 aromatic carbocycles. The molecule has 3 rings (SSSR count). The third kappa shape index (κ3) is 4.25. The zero-order valence-electron chi connectivity index (χ0n) is 11.5. The van der Waals surface area contributed by atoms with Gasteiger partial charge in [-0.25, -0.2) is 4.39 Å². The Bertz CT molecular complexity index is 631. The molecule has 0 saturated heterocycles. The van der Waals surface area contributed by atoms with Crippen LogP contribution in [0.1, 0.15) is 24.0 Å². The molecule has 1 heterocycles. The molecule has 0 aliphatic heterocycles. The minimum atomic E-state index is -0.326. The molecule has 0 unspecified atom stereocenters. The minimum Gasteiger partial charge on any atom is -0.486 e. The lowest BCUT2D eigenvalue weighted by Crippen LogP contribution is -2.15.